The highest BCUT2D eigenvalue weighted by atomic mass is 35.5. The number of nitrogens with one attached hydrogen (secondary N) is 1. The van der Waals surface area contributed by atoms with Crippen LogP contribution in [0.3, 0.4) is 0 Å². The smallest absolute Gasteiger partial charge is 0.265 e. The molecular weight excluding hydrogens is 286 g/mol. The highest BCUT2D eigenvalue weighted by Crippen LogP contribution is 2.21. The zero-order valence-electron chi connectivity index (χ0n) is 12.3. The quantitative estimate of drug-likeness (QED) is 0.911. The van der Waals surface area contributed by atoms with Gasteiger partial charge in [-0.15, -0.1) is 0 Å². The van der Waals surface area contributed by atoms with E-state index in [1.807, 2.05) is 32.0 Å². The number of aryl methyl sites for hydroxylation is 2. The Labute approximate surface area is 129 Å². The third-order valence-corrected chi connectivity index (χ3v) is 3.34. The Balaban J connectivity index is 2.04. The van der Waals surface area contributed by atoms with E-state index >= 15 is 0 Å². The number of rotatable bonds is 4. The Morgan fingerprint density at radius 2 is 1.95 bits per heavy atom. The molecule has 0 fully saturated rings. The molecular formula is C17H18ClNO2. The Morgan fingerprint density at radius 3 is 2.67 bits per heavy atom. The molecule has 110 valence electrons. The maximum Gasteiger partial charge on any atom is 0.265 e. The Morgan fingerprint density at radius 1 is 1.19 bits per heavy atom. The Bertz CT molecular complexity index is 655. The van der Waals surface area contributed by atoms with Gasteiger partial charge in [0, 0.05) is 10.7 Å². The van der Waals surface area contributed by atoms with Crippen LogP contribution in [0.15, 0.2) is 42.5 Å². The number of benzene rings is 2. The topological polar surface area (TPSA) is 38.3 Å². The third kappa shape index (κ3) is 4.23. The fraction of sp³-hybridized carbons (Fsp3) is 0.235. The Kier molecular flexibility index (Phi) is 4.86. The van der Waals surface area contributed by atoms with Gasteiger partial charge in [0.15, 0.2) is 6.10 Å². The fourth-order valence-electron chi connectivity index (χ4n) is 1.89. The van der Waals surface area contributed by atoms with Crippen molar-refractivity contribution in [1.29, 1.82) is 0 Å². The van der Waals surface area contributed by atoms with Crippen molar-refractivity contribution in [3.8, 4) is 5.75 Å². The molecule has 0 aliphatic heterocycles. The van der Waals surface area contributed by atoms with Crippen LogP contribution in [0.1, 0.15) is 18.1 Å². The second-order valence-corrected chi connectivity index (χ2v) is 5.47. The molecule has 1 amide bonds. The molecule has 0 heterocycles. The molecule has 0 radical (unpaired) electrons. The second kappa shape index (κ2) is 6.64. The summed E-state index contributed by atoms with van der Waals surface area (Å²) in [5.41, 5.74) is 2.75. The lowest BCUT2D eigenvalue weighted by atomic mass is 10.1. The lowest BCUT2D eigenvalue weighted by Gasteiger charge is -2.16. The Hall–Kier alpha value is -2.00. The third-order valence-electron chi connectivity index (χ3n) is 3.11. The molecule has 2 rings (SSSR count). The number of amides is 1. The predicted octanol–water partition coefficient (Wildman–Crippen LogP) is 4.36. The van der Waals surface area contributed by atoms with E-state index in [0.717, 1.165) is 16.9 Å². The molecule has 0 unspecified atom stereocenters. The molecule has 3 nitrogen and oxygen atoms in total. The van der Waals surface area contributed by atoms with Crippen LogP contribution < -0.4 is 10.1 Å². The highest BCUT2D eigenvalue weighted by molar-refractivity contribution is 6.30. The number of anilines is 1. The van der Waals surface area contributed by atoms with Crippen LogP contribution in [0, 0.1) is 13.8 Å². The van der Waals surface area contributed by atoms with E-state index in [-0.39, 0.29) is 5.91 Å². The number of halogens is 1. The van der Waals surface area contributed by atoms with Crippen molar-refractivity contribution in [3.63, 3.8) is 0 Å². The average Bonchev–Trinajstić information content (AvgIpc) is 2.43. The van der Waals surface area contributed by atoms with Crippen LogP contribution in [0.4, 0.5) is 5.69 Å². The normalized spacial score (nSPS) is 11.8. The van der Waals surface area contributed by atoms with E-state index in [1.54, 1.807) is 31.2 Å². The first kappa shape index (κ1) is 15.4. The van der Waals surface area contributed by atoms with Crippen LogP contribution in [-0.2, 0) is 4.79 Å². The summed E-state index contributed by atoms with van der Waals surface area (Å²) in [5, 5.41) is 3.37. The zero-order chi connectivity index (χ0) is 15.4. The van der Waals surface area contributed by atoms with Gasteiger partial charge in [-0.25, -0.2) is 0 Å². The number of hydrogen-bond acceptors (Lipinski definition) is 2. The number of hydrogen-bond donors (Lipinski definition) is 1. The standard InChI is InChI=1S/C17H18ClNO2/c1-11-7-8-12(2)16(9-11)21-13(3)17(20)19-15-6-4-5-14(18)10-15/h4-10,13H,1-3H3,(H,19,20)/t13-/m0/s1. The van der Waals surface area contributed by atoms with Crippen LogP contribution in [-0.4, -0.2) is 12.0 Å². The molecule has 0 aliphatic carbocycles. The van der Waals surface area contributed by atoms with Crippen molar-refractivity contribution in [2.45, 2.75) is 26.9 Å². The predicted molar refractivity (Wildman–Crippen MR) is 86.1 cm³/mol. The van der Waals surface area contributed by atoms with Gasteiger partial charge in [-0.2, -0.15) is 0 Å². The van der Waals surface area contributed by atoms with E-state index in [0.29, 0.717) is 10.7 Å². The molecule has 0 aliphatic rings. The van der Waals surface area contributed by atoms with E-state index in [4.69, 9.17) is 16.3 Å². The molecule has 0 bridgehead atoms. The minimum Gasteiger partial charge on any atom is -0.481 e. The van der Waals surface area contributed by atoms with Gasteiger partial charge in [0.25, 0.3) is 5.91 Å². The molecule has 21 heavy (non-hydrogen) atoms. The molecule has 2 aromatic rings. The summed E-state index contributed by atoms with van der Waals surface area (Å²) in [7, 11) is 0. The van der Waals surface area contributed by atoms with Gasteiger partial charge in [-0.3, -0.25) is 4.79 Å². The summed E-state index contributed by atoms with van der Waals surface area (Å²) < 4.78 is 5.75. The van der Waals surface area contributed by atoms with Crippen LogP contribution >= 0.6 is 11.6 Å². The maximum atomic E-state index is 12.1. The molecule has 0 saturated carbocycles. The van der Waals surface area contributed by atoms with Gasteiger partial charge in [0.05, 0.1) is 0 Å². The molecule has 2 aromatic carbocycles. The van der Waals surface area contributed by atoms with E-state index in [2.05, 4.69) is 5.32 Å². The van der Waals surface area contributed by atoms with Crippen molar-refractivity contribution in [3.05, 3.63) is 58.6 Å². The van der Waals surface area contributed by atoms with Crippen LogP contribution in [0.2, 0.25) is 5.02 Å². The summed E-state index contributed by atoms with van der Waals surface area (Å²) in [6.07, 6.45) is -0.593. The van der Waals surface area contributed by atoms with E-state index in [9.17, 15) is 4.79 Å². The van der Waals surface area contributed by atoms with Crippen LogP contribution in [0.25, 0.3) is 0 Å². The summed E-state index contributed by atoms with van der Waals surface area (Å²) in [6, 6.07) is 12.9. The summed E-state index contributed by atoms with van der Waals surface area (Å²) in [5.74, 6) is 0.516. The molecule has 0 aromatic heterocycles. The van der Waals surface area contributed by atoms with Gasteiger partial charge in [0.2, 0.25) is 0 Å². The van der Waals surface area contributed by atoms with Crippen molar-refractivity contribution >= 4 is 23.2 Å². The highest BCUT2D eigenvalue weighted by Gasteiger charge is 2.16. The number of carbonyl (C=O) groups excluding carboxylic acids is 1. The van der Waals surface area contributed by atoms with Gasteiger partial charge in [-0.05, 0) is 56.2 Å². The molecule has 1 atom stereocenters. The van der Waals surface area contributed by atoms with E-state index < -0.39 is 6.10 Å². The molecule has 1 N–H and O–H groups in total. The van der Waals surface area contributed by atoms with Gasteiger partial charge in [0.1, 0.15) is 5.75 Å². The van der Waals surface area contributed by atoms with Crippen molar-refractivity contribution < 1.29 is 9.53 Å². The van der Waals surface area contributed by atoms with Gasteiger partial charge >= 0.3 is 0 Å². The second-order valence-electron chi connectivity index (χ2n) is 5.03. The minimum atomic E-state index is -0.593. The first-order valence-corrected chi connectivity index (χ1v) is 7.14. The molecule has 0 saturated heterocycles. The number of carbonyl (C=O) groups is 1. The average molecular weight is 304 g/mol. The zero-order valence-corrected chi connectivity index (χ0v) is 13.1. The largest absolute Gasteiger partial charge is 0.481 e. The number of ether oxygens (including phenoxy) is 1. The van der Waals surface area contributed by atoms with Crippen LogP contribution in [0.5, 0.6) is 5.75 Å². The monoisotopic (exact) mass is 303 g/mol. The molecule has 0 spiro atoms. The first-order chi connectivity index (χ1) is 9.95. The van der Waals surface area contributed by atoms with E-state index in [1.165, 1.54) is 0 Å². The lowest BCUT2D eigenvalue weighted by Crippen LogP contribution is -2.30. The van der Waals surface area contributed by atoms with Gasteiger partial charge in [-0.1, -0.05) is 29.8 Å². The molecule has 4 heteroatoms. The SMILES string of the molecule is Cc1ccc(C)c(O[C@@H](C)C(=O)Nc2cccc(Cl)c2)c1. The first-order valence-electron chi connectivity index (χ1n) is 6.76. The summed E-state index contributed by atoms with van der Waals surface area (Å²) in [4.78, 5) is 12.1. The summed E-state index contributed by atoms with van der Waals surface area (Å²) in [6.45, 7) is 5.67. The lowest BCUT2D eigenvalue weighted by molar-refractivity contribution is -0.122. The minimum absolute atomic E-state index is 0.210. The maximum absolute atomic E-state index is 12.1. The summed E-state index contributed by atoms with van der Waals surface area (Å²) >= 11 is 5.89. The van der Waals surface area contributed by atoms with Crippen molar-refractivity contribution in [2.24, 2.45) is 0 Å². The van der Waals surface area contributed by atoms with Crippen molar-refractivity contribution in [2.75, 3.05) is 5.32 Å². The fourth-order valence-corrected chi connectivity index (χ4v) is 2.08. The van der Waals surface area contributed by atoms with Crippen molar-refractivity contribution in [1.82, 2.24) is 0 Å². The van der Waals surface area contributed by atoms with Gasteiger partial charge < -0.3 is 10.1 Å².